The van der Waals surface area contributed by atoms with Crippen LogP contribution in [0.25, 0.3) is 6.08 Å². The summed E-state index contributed by atoms with van der Waals surface area (Å²) in [5, 5.41) is 7.78. The fourth-order valence-corrected chi connectivity index (χ4v) is 3.41. The molecule has 2 heterocycles. The van der Waals surface area contributed by atoms with E-state index >= 15 is 0 Å². The topological polar surface area (TPSA) is 42.0 Å². The quantitative estimate of drug-likeness (QED) is 0.717. The number of carbonyl (C=O) groups is 1. The van der Waals surface area contributed by atoms with Gasteiger partial charge in [0.25, 0.3) is 0 Å². The lowest BCUT2D eigenvalue weighted by Gasteiger charge is -2.17. The summed E-state index contributed by atoms with van der Waals surface area (Å²) in [7, 11) is 0. The van der Waals surface area contributed by atoms with Crippen molar-refractivity contribution in [2.24, 2.45) is 0 Å². The molecule has 2 aromatic heterocycles. The number of nitrogens with one attached hydrogen (secondary N) is 1. The van der Waals surface area contributed by atoms with Crippen molar-refractivity contribution in [3.8, 4) is 0 Å². The molecule has 0 fully saturated rings. The van der Waals surface area contributed by atoms with E-state index in [1.165, 1.54) is 17.4 Å². The smallest absolute Gasteiger partial charge is 0.244 e. The Morgan fingerprint density at radius 1 is 1.09 bits per heavy atom. The third kappa shape index (κ3) is 3.69. The Kier molecular flexibility index (Phi) is 4.78. The van der Waals surface area contributed by atoms with Crippen LogP contribution in [0.2, 0.25) is 0 Å². The number of amides is 1. The van der Waals surface area contributed by atoms with Crippen molar-refractivity contribution in [3.05, 3.63) is 80.9 Å². The highest BCUT2D eigenvalue weighted by molar-refractivity contribution is 7.10. The molecule has 1 amide bonds. The summed E-state index contributed by atoms with van der Waals surface area (Å²) in [5.74, 6) is -0.127. The average Bonchev–Trinajstić information content (AvgIpc) is 3.25. The zero-order valence-corrected chi connectivity index (χ0v) is 13.3. The van der Waals surface area contributed by atoms with E-state index in [9.17, 15) is 4.79 Å². The lowest BCUT2D eigenvalue weighted by Crippen LogP contribution is -2.27. The second-order valence-corrected chi connectivity index (χ2v) is 6.48. The predicted molar refractivity (Wildman–Crippen MR) is 91.9 cm³/mol. The van der Waals surface area contributed by atoms with Gasteiger partial charge in [-0.15, -0.1) is 22.7 Å². The molecule has 0 aliphatic heterocycles. The second-order valence-electron chi connectivity index (χ2n) is 4.57. The van der Waals surface area contributed by atoms with Crippen LogP contribution < -0.4 is 5.32 Å². The minimum Gasteiger partial charge on any atom is -0.341 e. The largest absolute Gasteiger partial charge is 0.341 e. The van der Waals surface area contributed by atoms with E-state index in [2.05, 4.69) is 10.3 Å². The number of thiazole rings is 1. The molecular formula is C17H14N2OS2. The Morgan fingerprint density at radius 2 is 1.95 bits per heavy atom. The van der Waals surface area contributed by atoms with Crippen molar-refractivity contribution >= 4 is 34.7 Å². The number of aromatic nitrogens is 1. The number of hydrogen-bond donors (Lipinski definition) is 1. The molecule has 1 atom stereocenters. The minimum atomic E-state index is -0.130. The summed E-state index contributed by atoms with van der Waals surface area (Å²) in [5.41, 5.74) is 1.07. The van der Waals surface area contributed by atoms with E-state index in [-0.39, 0.29) is 11.9 Å². The predicted octanol–water partition coefficient (Wildman–Crippen LogP) is 4.12. The number of thiophene rings is 1. The van der Waals surface area contributed by atoms with E-state index in [0.717, 1.165) is 15.4 Å². The number of benzene rings is 1. The summed E-state index contributed by atoms with van der Waals surface area (Å²) in [6.07, 6.45) is 4.99. The maximum absolute atomic E-state index is 12.2. The van der Waals surface area contributed by atoms with Gasteiger partial charge in [-0.25, -0.2) is 4.98 Å². The molecule has 3 rings (SSSR count). The third-order valence-electron chi connectivity index (χ3n) is 3.08. The Hall–Kier alpha value is -2.24. The maximum atomic E-state index is 12.2. The molecular weight excluding hydrogens is 312 g/mol. The van der Waals surface area contributed by atoms with Crippen LogP contribution in [0, 0.1) is 0 Å². The van der Waals surface area contributed by atoms with Crippen molar-refractivity contribution in [2.75, 3.05) is 0 Å². The van der Waals surface area contributed by atoms with Crippen molar-refractivity contribution in [1.29, 1.82) is 0 Å². The first-order valence-electron chi connectivity index (χ1n) is 6.79. The highest BCUT2D eigenvalue weighted by atomic mass is 32.1. The molecule has 0 radical (unpaired) electrons. The highest BCUT2D eigenvalue weighted by Gasteiger charge is 2.16. The van der Waals surface area contributed by atoms with Gasteiger partial charge >= 0.3 is 0 Å². The van der Waals surface area contributed by atoms with Crippen LogP contribution in [0.15, 0.2) is 65.5 Å². The number of hydrogen-bond acceptors (Lipinski definition) is 4. The first-order chi connectivity index (χ1) is 10.8. The van der Waals surface area contributed by atoms with Gasteiger partial charge in [-0.3, -0.25) is 4.79 Å². The monoisotopic (exact) mass is 326 g/mol. The average molecular weight is 326 g/mol. The van der Waals surface area contributed by atoms with Crippen LogP contribution in [0.1, 0.15) is 21.5 Å². The summed E-state index contributed by atoms with van der Waals surface area (Å²) in [6.45, 7) is 0. The Labute approximate surface area is 137 Å². The van der Waals surface area contributed by atoms with Gasteiger partial charge in [-0.05, 0) is 23.1 Å². The van der Waals surface area contributed by atoms with Crippen LogP contribution in [0.3, 0.4) is 0 Å². The highest BCUT2D eigenvalue weighted by Crippen LogP contribution is 2.25. The maximum Gasteiger partial charge on any atom is 0.244 e. The van der Waals surface area contributed by atoms with E-state index in [1.54, 1.807) is 23.6 Å². The third-order valence-corrected chi connectivity index (χ3v) is 4.75. The Morgan fingerprint density at radius 3 is 2.64 bits per heavy atom. The fraction of sp³-hybridized carbons (Fsp3) is 0.0588. The molecule has 0 saturated carbocycles. The van der Waals surface area contributed by atoms with Crippen molar-refractivity contribution in [3.63, 3.8) is 0 Å². The molecule has 1 unspecified atom stereocenters. The van der Waals surface area contributed by atoms with Crippen LogP contribution >= 0.6 is 22.7 Å². The summed E-state index contributed by atoms with van der Waals surface area (Å²) in [6, 6.07) is 13.9. The van der Waals surface area contributed by atoms with Gasteiger partial charge in [0.2, 0.25) is 5.91 Å². The first-order valence-corrected chi connectivity index (χ1v) is 8.55. The van der Waals surface area contributed by atoms with Gasteiger partial charge < -0.3 is 5.32 Å². The lowest BCUT2D eigenvalue weighted by molar-refractivity contribution is -0.116. The molecule has 5 heteroatoms. The molecule has 110 valence electrons. The molecule has 0 aliphatic carbocycles. The van der Waals surface area contributed by atoms with E-state index in [4.69, 9.17) is 0 Å². The lowest BCUT2D eigenvalue weighted by atomic mass is 10.1. The summed E-state index contributed by atoms with van der Waals surface area (Å²) < 4.78 is 0. The normalized spacial score (nSPS) is 12.4. The second kappa shape index (κ2) is 7.15. The zero-order valence-electron chi connectivity index (χ0n) is 11.7. The number of nitrogens with zero attached hydrogens (tertiary/aromatic N) is 1. The Balaban J connectivity index is 1.77. The number of rotatable bonds is 5. The van der Waals surface area contributed by atoms with E-state index < -0.39 is 0 Å². The fourth-order valence-electron chi connectivity index (χ4n) is 2.07. The van der Waals surface area contributed by atoms with Crippen LogP contribution in [0.4, 0.5) is 0 Å². The zero-order chi connectivity index (χ0) is 15.2. The van der Waals surface area contributed by atoms with Crippen LogP contribution in [-0.2, 0) is 4.79 Å². The minimum absolute atomic E-state index is 0.127. The van der Waals surface area contributed by atoms with Crippen LogP contribution in [-0.4, -0.2) is 10.9 Å². The van der Waals surface area contributed by atoms with Gasteiger partial charge in [0.1, 0.15) is 5.01 Å². The molecule has 0 aliphatic rings. The molecule has 1 aromatic carbocycles. The van der Waals surface area contributed by atoms with Crippen LogP contribution in [0.5, 0.6) is 0 Å². The number of carbonyl (C=O) groups excluding carboxylic acids is 1. The van der Waals surface area contributed by atoms with E-state index in [1.807, 2.05) is 53.2 Å². The van der Waals surface area contributed by atoms with Crippen molar-refractivity contribution < 1.29 is 4.79 Å². The Bertz CT molecular complexity index is 734. The van der Waals surface area contributed by atoms with Crippen molar-refractivity contribution in [1.82, 2.24) is 10.3 Å². The summed E-state index contributed by atoms with van der Waals surface area (Å²) >= 11 is 3.14. The summed E-state index contributed by atoms with van der Waals surface area (Å²) in [4.78, 5) is 17.4. The first kappa shape index (κ1) is 14.7. The molecule has 3 nitrogen and oxygen atoms in total. The van der Waals surface area contributed by atoms with E-state index in [0.29, 0.717) is 0 Å². The molecule has 1 N–H and O–H groups in total. The van der Waals surface area contributed by atoms with Gasteiger partial charge in [0.15, 0.2) is 0 Å². The van der Waals surface area contributed by atoms with Gasteiger partial charge in [-0.1, -0.05) is 36.4 Å². The van der Waals surface area contributed by atoms with Crippen molar-refractivity contribution in [2.45, 2.75) is 6.04 Å². The standard InChI is InChI=1S/C17H14N2OS2/c20-15(8-9-16-18-10-12-22-16)19-17(14-7-4-11-21-14)13-5-2-1-3-6-13/h1-12,17H,(H,19,20)/b9-8+. The van der Waals surface area contributed by atoms with Gasteiger partial charge in [-0.2, -0.15) is 0 Å². The molecule has 0 spiro atoms. The molecule has 22 heavy (non-hydrogen) atoms. The van der Waals surface area contributed by atoms with Gasteiger partial charge in [0, 0.05) is 22.5 Å². The molecule has 3 aromatic rings. The SMILES string of the molecule is O=C(/C=C/c1nccs1)NC(c1ccccc1)c1cccs1. The van der Waals surface area contributed by atoms with Gasteiger partial charge in [0.05, 0.1) is 6.04 Å². The molecule has 0 saturated heterocycles. The molecule has 0 bridgehead atoms.